The molecule has 0 radical (unpaired) electrons. The normalized spacial score (nSPS) is 19.3. The van der Waals surface area contributed by atoms with Gasteiger partial charge in [-0.3, -0.25) is 9.48 Å². The monoisotopic (exact) mass is 376 g/mol. The molecule has 0 spiro atoms. The Morgan fingerprint density at radius 2 is 1.81 bits per heavy atom. The van der Waals surface area contributed by atoms with E-state index in [1.165, 1.54) is 0 Å². The molecule has 10 heteroatoms. The van der Waals surface area contributed by atoms with Crippen LogP contribution in [0, 0.1) is 0 Å². The second-order valence-electron chi connectivity index (χ2n) is 6.57. The van der Waals surface area contributed by atoms with Gasteiger partial charge in [-0.25, -0.2) is 18.4 Å². The molecule has 2 aromatic heterocycles. The van der Waals surface area contributed by atoms with Crippen molar-refractivity contribution >= 4 is 21.7 Å². The SMILES string of the molecule is Cn1nc(C(=O)N2CCN(c3ncccn3)CC2)c2c1CCS(=O)(=O)C2. The summed E-state index contributed by atoms with van der Waals surface area (Å²) >= 11 is 0. The van der Waals surface area contributed by atoms with Gasteiger partial charge in [-0.2, -0.15) is 5.10 Å². The number of nitrogens with zero attached hydrogens (tertiary/aromatic N) is 6. The molecule has 0 atom stereocenters. The molecule has 9 nitrogen and oxygen atoms in total. The molecule has 0 saturated carbocycles. The maximum Gasteiger partial charge on any atom is 0.274 e. The van der Waals surface area contributed by atoms with Crippen molar-refractivity contribution in [3.63, 3.8) is 0 Å². The summed E-state index contributed by atoms with van der Waals surface area (Å²) in [6, 6.07) is 1.77. The van der Waals surface area contributed by atoms with Crippen molar-refractivity contribution in [3.8, 4) is 0 Å². The number of sulfone groups is 1. The molecule has 0 aromatic carbocycles. The van der Waals surface area contributed by atoms with Crippen LogP contribution in [0.5, 0.6) is 0 Å². The summed E-state index contributed by atoms with van der Waals surface area (Å²) in [5.41, 5.74) is 1.69. The highest BCUT2D eigenvalue weighted by atomic mass is 32.2. The number of fused-ring (bicyclic) bond motifs is 1. The van der Waals surface area contributed by atoms with E-state index in [4.69, 9.17) is 0 Å². The molecule has 2 aliphatic rings. The first kappa shape index (κ1) is 17.0. The van der Waals surface area contributed by atoms with Gasteiger partial charge in [0.25, 0.3) is 5.91 Å². The average Bonchev–Trinajstić information content (AvgIpc) is 2.96. The maximum absolute atomic E-state index is 12.9. The minimum absolute atomic E-state index is 0.102. The Morgan fingerprint density at radius 3 is 2.50 bits per heavy atom. The van der Waals surface area contributed by atoms with E-state index in [0.29, 0.717) is 44.1 Å². The lowest BCUT2D eigenvalue weighted by Crippen LogP contribution is -2.49. The number of aromatic nitrogens is 4. The molecule has 1 saturated heterocycles. The molecule has 138 valence electrons. The average molecular weight is 376 g/mol. The topological polar surface area (TPSA) is 101 Å². The van der Waals surface area contributed by atoms with Gasteiger partial charge in [0, 0.05) is 63.3 Å². The Morgan fingerprint density at radius 1 is 1.12 bits per heavy atom. The number of carbonyl (C=O) groups excluding carboxylic acids is 1. The zero-order valence-electron chi connectivity index (χ0n) is 14.5. The molecule has 1 amide bonds. The predicted octanol–water partition coefficient (Wildman–Crippen LogP) is -0.357. The summed E-state index contributed by atoms with van der Waals surface area (Å²) in [7, 11) is -1.40. The number of hydrogen-bond acceptors (Lipinski definition) is 7. The molecule has 1 fully saturated rings. The van der Waals surface area contributed by atoms with E-state index in [2.05, 4.69) is 15.1 Å². The molecule has 0 N–H and O–H groups in total. The standard InChI is InChI=1S/C16H20N6O3S/c1-20-13-3-10-26(24,25)11-12(13)14(19-20)15(23)21-6-8-22(9-7-21)16-17-4-2-5-18-16/h2,4-5H,3,6-11H2,1H3. The van der Waals surface area contributed by atoms with E-state index < -0.39 is 9.84 Å². The number of piperazine rings is 1. The van der Waals surface area contributed by atoms with Gasteiger partial charge in [0.15, 0.2) is 15.5 Å². The van der Waals surface area contributed by atoms with Gasteiger partial charge < -0.3 is 9.80 Å². The van der Waals surface area contributed by atoms with Gasteiger partial charge in [0.05, 0.1) is 11.5 Å². The molecule has 0 bridgehead atoms. The lowest BCUT2D eigenvalue weighted by molar-refractivity contribution is 0.0738. The fourth-order valence-corrected chi connectivity index (χ4v) is 4.89. The fraction of sp³-hybridized carbons (Fsp3) is 0.500. The van der Waals surface area contributed by atoms with Crippen molar-refractivity contribution in [1.29, 1.82) is 0 Å². The fourth-order valence-electron chi connectivity index (χ4n) is 3.50. The molecule has 26 heavy (non-hydrogen) atoms. The van der Waals surface area contributed by atoms with Gasteiger partial charge in [-0.15, -0.1) is 0 Å². The van der Waals surface area contributed by atoms with Crippen LogP contribution in [-0.4, -0.2) is 70.9 Å². The molecule has 0 unspecified atom stereocenters. The first-order valence-corrected chi connectivity index (χ1v) is 10.3. The van der Waals surface area contributed by atoms with Crippen LogP contribution in [0.3, 0.4) is 0 Å². The second-order valence-corrected chi connectivity index (χ2v) is 8.75. The van der Waals surface area contributed by atoms with Crippen molar-refractivity contribution < 1.29 is 13.2 Å². The first-order valence-electron chi connectivity index (χ1n) is 8.51. The summed E-state index contributed by atoms with van der Waals surface area (Å²) < 4.78 is 25.6. The minimum atomic E-state index is -3.16. The van der Waals surface area contributed by atoms with Gasteiger partial charge in [-0.05, 0) is 6.07 Å². The van der Waals surface area contributed by atoms with Crippen LogP contribution in [-0.2, 0) is 29.1 Å². The zero-order chi connectivity index (χ0) is 18.3. The van der Waals surface area contributed by atoms with E-state index in [1.807, 2.05) is 4.90 Å². The lowest BCUT2D eigenvalue weighted by atomic mass is 10.1. The molecule has 0 aliphatic carbocycles. The number of rotatable bonds is 2. The highest BCUT2D eigenvalue weighted by Gasteiger charge is 2.33. The largest absolute Gasteiger partial charge is 0.337 e. The minimum Gasteiger partial charge on any atom is -0.337 e. The zero-order valence-corrected chi connectivity index (χ0v) is 15.3. The molecular formula is C16H20N6O3S. The van der Waals surface area contributed by atoms with Crippen LogP contribution in [0.25, 0.3) is 0 Å². The summed E-state index contributed by atoms with van der Waals surface area (Å²) in [4.78, 5) is 25.2. The molecule has 4 rings (SSSR count). The summed E-state index contributed by atoms with van der Waals surface area (Å²) in [5, 5.41) is 4.33. The molecular weight excluding hydrogens is 356 g/mol. The van der Waals surface area contributed by atoms with Crippen molar-refractivity contribution in [2.45, 2.75) is 12.2 Å². The van der Waals surface area contributed by atoms with Crippen LogP contribution >= 0.6 is 0 Å². The Balaban J connectivity index is 1.51. The third-order valence-corrected chi connectivity index (χ3v) is 6.45. The predicted molar refractivity (Wildman–Crippen MR) is 94.6 cm³/mol. The van der Waals surface area contributed by atoms with Crippen LogP contribution < -0.4 is 4.90 Å². The summed E-state index contributed by atoms with van der Waals surface area (Å²) in [6.45, 7) is 2.30. The third kappa shape index (κ3) is 3.05. The number of carbonyl (C=O) groups is 1. The smallest absolute Gasteiger partial charge is 0.274 e. The van der Waals surface area contributed by atoms with Crippen LogP contribution in [0.2, 0.25) is 0 Å². The lowest BCUT2D eigenvalue weighted by Gasteiger charge is -2.34. The van der Waals surface area contributed by atoms with Crippen molar-refractivity contribution in [1.82, 2.24) is 24.6 Å². The van der Waals surface area contributed by atoms with E-state index >= 15 is 0 Å². The Bertz CT molecular complexity index is 932. The van der Waals surface area contributed by atoms with E-state index in [9.17, 15) is 13.2 Å². The van der Waals surface area contributed by atoms with Crippen LogP contribution in [0.15, 0.2) is 18.5 Å². The van der Waals surface area contributed by atoms with Gasteiger partial charge in [0.1, 0.15) is 0 Å². The number of amides is 1. The summed E-state index contributed by atoms with van der Waals surface area (Å²) in [5.74, 6) is 0.464. The Hall–Kier alpha value is -2.49. The van der Waals surface area contributed by atoms with Crippen LogP contribution in [0.1, 0.15) is 21.7 Å². The van der Waals surface area contributed by atoms with E-state index in [1.54, 1.807) is 35.1 Å². The number of hydrogen-bond donors (Lipinski definition) is 0. The van der Waals surface area contributed by atoms with Crippen molar-refractivity contribution in [2.75, 3.05) is 36.8 Å². The van der Waals surface area contributed by atoms with E-state index in [0.717, 1.165) is 5.69 Å². The molecule has 4 heterocycles. The first-order chi connectivity index (χ1) is 12.4. The second kappa shape index (κ2) is 6.35. The van der Waals surface area contributed by atoms with Gasteiger partial charge in [0.2, 0.25) is 5.95 Å². The van der Waals surface area contributed by atoms with Crippen molar-refractivity contribution in [2.24, 2.45) is 7.05 Å². The molecule has 2 aromatic rings. The van der Waals surface area contributed by atoms with Crippen LogP contribution in [0.4, 0.5) is 5.95 Å². The summed E-state index contributed by atoms with van der Waals surface area (Å²) in [6.07, 6.45) is 3.80. The van der Waals surface area contributed by atoms with E-state index in [-0.39, 0.29) is 23.1 Å². The highest BCUT2D eigenvalue weighted by molar-refractivity contribution is 7.90. The van der Waals surface area contributed by atoms with Gasteiger partial charge >= 0.3 is 0 Å². The Labute approximate surface area is 151 Å². The number of aryl methyl sites for hydroxylation is 1. The van der Waals surface area contributed by atoms with Crippen molar-refractivity contribution in [3.05, 3.63) is 35.4 Å². The highest BCUT2D eigenvalue weighted by Crippen LogP contribution is 2.25. The quantitative estimate of drug-likeness (QED) is 0.706. The van der Waals surface area contributed by atoms with Gasteiger partial charge in [-0.1, -0.05) is 0 Å². The number of anilines is 1. The third-order valence-electron chi connectivity index (χ3n) is 4.89. The Kier molecular flexibility index (Phi) is 4.14. The molecule has 2 aliphatic heterocycles. The maximum atomic E-state index is 12.9.